The first kappa shape index (κ1) is 15.4. The first-order chi connectivity index (χ1) is 10.7. The molecule has 22 heavy (non-hydrogen) atoms. The Morgan fingerprint density at radius 3 is 2.45 bits per heavy atom. The maximum absolute atomic E-state index is 8.58. The van der Waals surface area contributed by atoms with Crippen LogP contribution >= 0.6 is 0 Å². The van der Waals surface area contributed by atoms with E-state index in [2.05, 4.69) is 40.9 Å². The largest absolute Gasteiger partial charge is 0.117 e. The van der Waals surface area contributed by atoms with E-state index in [9.17, 15) is 0 Å². The molecule has 3 heteroatoms. The predicted molar refractivity (Wildman–Crippen MR) is 92.5 cm³/mol. The summed E-state index contributed by atoms with van der Waals surface area (Å²) in [5.74, 6) is 0. The quantitative estimate of drug-likeness (QED) is 0.208. The number of hydrogen-bond acceptors (Lipinski definition) is 1. The van der Waals surface area contributed by atoms with Crippen molar-refractivity contribution in [3.63, 3.8) is 0 Å². The summed E-state index contributed by atoms with van der Waals surface area (Å²) in [6, 6.07) is 17.6. The molecule has 0 aliphatic rings. The van der Waals surface area contributed by atoms with E-state index in [1.54, 1.807) is 6.07 Å². The van der Waals surface area contributed by atoms with Crippen molar-refractivity contribution in [3.8, 4) is 0 Å². The van der Waals surface area contributed by atoms with Gasteiger partial charge in [-0.3, -0.25) is 0 Å². The molecule has 0 bridgehead atoms. The van der Waals surface area contributed by atoms with Crippen LogP contribution in [0, 0.1) is 0 Å². The molecule has 0 spiro atoms. The van der Waals surface area contributed by atoms with Gasteiger partial charge in [0.25, 0.3) is 0 Å². The van der Waals surface area contributed by atoms with Gasteiger partial charge in [-0.15, -0.1) is 5.73 Å². The maximum Gasteiger partial charge on any atom is 0.0453 e. The standard InChI is InChI=1S/C19H17N3/c1-15(16(2)14-17-8-4-3-5-9-17)12-13-18-10-6-7-11-19(18)21-22-20/h3-11,13-14H,1-2H3/b16-14-. The van der Waals surface area contributed by atoms with Crippen molar-refractivity contribution in [2.24, 2.45) is 5.11 Å². The van der Waals surface area contributed by atoms with E-state index in [0.29, 0.717) is 5.69 Å². The summed E-state index contributed by atoms with van der Waals surface area (Å²) in [7, 11) is 0. The molecule has 0 aliphatic heterocycles. The summed E-state index contributed by atoms with van der Waals surface area (Å²) in [6.45, 7) is 4.07. The summed E-state index contributed by atoms with van der Waals surface area (Å²) in [4.78, 5) is 2.84. The lowest BCUT2D eigenvalue weighted by Gasteiger charge is -2.00. The van der Waals surface area contributed by atoms with Crippen LogP contribution in [0.25, 0.3) is 22.6 Å². The molecule has 2 rings (SSSR count). The number of allylic oxidation sites excluding steroid dienone is 2. The van der Waals surface area contributed by atoms with Crippen molar-refractivity contribution in [2.75, 3.05) is 0 Å². The van der Waals surface area contributed by atoms with Crippen LogP contribution in [0.4, 0.5) is 5.69 Å². The van der Waals surface area contributed by atoms with Crippen molar-refractivity contribution < 1.29 is 0 Å². The maximum atomic E-state index is 8.58. The number of rotatable bonds is 4. The van der Waals surface area contributed by atoms with Gasteiger partial charge in [-0.05, 0) is 47.7 Å². The highest BCUT2D eigenvalue weighted by molar-refractivity contribution is 5.65. The van der Waals surface area contributed by atoms with Crippen molar-refractivity contribution >= 4 is 17.8 Å². The van der Waals surface area contributed by atoms with E-state index in [4.69, 9.17) is 5.53 Å². The fraction of sp³-hybridized carbons (Fsp3) is 0.105. The third-order valence-electron chi connectivity index (χ3n) is 3.31. The summed E-state index contributed by atoms with van der Waals surface area (Å²) in [5, 5.41) is 3.68. The Hall–Kier alpha value is -2.99. The lowest BCUT2D eigenvalue weighted by Crippen LogP contribution is -1.79. The zero-order valence-corrected chi connectivity index (χ0v) is 12.7. The number of benzene rings is 2. The molecule has 0 amide bonds. The van der Waals surface area contributed by atoms with Gasteiger partial charge in [0.05, 0.1) is 0 Å². The Morgan fingerprint density at radius 2 is 1.73 bits per heavy atom. The molecule has 2 aromatic rings. The van der Waals surface area contributed by atoms with E-state index in [1.165, 1.54) is 0 Å². The first-order valence-electron chi connectivity index (χ1n) is 7.02. The number of azide groups is 1. The van der Waals surface area contributed by atoms with Gasteiger partial charge in [-0.1, -0.05) is 65.8 Å². The molecular weight excluding hydrogens is 270 g/mol. The van der Waals surface area contributed by atoms with Gasteiger partial charge in [0.1, 0.15) is 0 Å². The van der Waals surface area contributed by atoms with Crippen molar-refractivity contribution in [1.82, 2.24) is 0 Å². The van der Waals surface area contributed by atoms with Crippen LogP contribution < -0.4 is 0 Å². The Kier molecular flexibility index (Phi) is 5.39. The average molecular weight is 287 g/mol. The third kappa shape index (κ3) is 4.26. The molecule has 2 aromatic carbocycles. The highest BCUT2D eigenvalue weighted by atomic mass is 15.1. The predicted octanol–water partition coefficient (Wildman–Crippen LogP) is 6.29. The fourth-order valence-corrected chi connectivity index (χ4v) is 1.96. The molecule has 0 N–H and O–H groups in total. The van der Waals surface area contributed by atoms with Crippen LogP contribution in [0.15, 0.2) is 76.6 Å². The minimum atomic E-state index is 0.606. The minimum absolute atomic E-state index is 0.606. The number of nitrogens with zero attached hydrogens (tertiary/aromatic N) is 3. The van der Waals surface area contributed by atoms with Crippen LogP contribution in [0.3, 0.4) is 0 Å². The van der Waals surface area contributed by atoms with Crippen molar-refractivity contribution in [2.45, 2.75) is 13.8 Å². The molecule has 0 unspecified atom stereocenters. The Morgan fingerprint density at radius 1 is 1.05 bits per heavy atom. The second-order valence-electron chi connectivity index (χ2n) is 4.90. The van der Waals surface area contributed by atoms with Gasteiger partial charge in [-0.25, -0.2) is 0 Å². The van der Waals surface area contributed by atoms with Crippen LogP contribution in [-0.4, -0.2) is 0 Å². The molecule has 0 aliphatic carbocycles. The lowest BCUT2D eigenvalue weighted by atomic mass is 10.1. The van der Waals surface area contributed by atoms with Gasteiger partial charge in [0.15, 0.2) is 0 Å². The minimum Gasteiger partial charge on any atom is -0.117 e. The van der Waals surface area contributed by atoms with Gasteiger partial charge >= 0.3 is 0 Å². The van der Waals surface area contributed by atoms with Crippen LogP contribution in [0.5, 0.6) is 0 Å². The molecule has 0 fully saturated rings. The van der Waals surface area contributed by atoms with Crippen molar-refractivity contribution in [1.29, 1.82) is 0 Å². The highest BCUT2D eigenvalue weighted by Gasteiger charge is 1.96. The lowest BCUT2D eigenvalue weighted by molar-refractivity contribution is 1.38. The van der Waals surface area contributed by atoms with Gasteiger partial charge in [0, 0.05) is 10.6 Å². The van der Waals surface area contributed by atoms with E-state index in [1.807, 2.05) is 49.4 Å². The van der Waals surface area contributed by atoms with Crippen LogP contribution in [0.1, 0.15) is 25.0 Å². The molecular formula is C19H17N3. The molecule has 0 radical (unpaired) electrons. The summed E-state index contributed by atoms with van der Waals surface area (Å²) >= 11 is 0. The van der Waals surface area contributed by atoms with Crippen LogP contribution in [-0.2, 0) is 0 Å². The first-order valence-corrected chi connectivity index (χ1v) is 7.02. The molecule has 0 atom stereocenters. The van der Waals surface area contributed by atoms with E-state index < -0.39 is 0 Å². The van der Waals surface area contributed by atoms with Gasteiger partial charge < -0.3 is 0 Å². The van der Waals surface area contributed by atoms with E-state index in [-0.39, 0.29) is 0 Å². The summed E-state index contributed by atoms with van der Waals surface area (Å²) in [6.07, 6.45) is 3.97. The Balaban J connectivity index is 2.32. The fourth-order valence-electron chi connectivity index (χ4n) is 1.96. The summed E-state index contributed by atoms with van der Waals surface area (Å²) < 4.78 is 0. The Labute approximate surface area is 130 Å². The van der Waals surface area contributed by atoms with Crippen molar-refractivity contribution in [3.05, 3.63) is 93.0 Å². The molecule has 0 saturated heterocycles. The second kappa shape index (κ2) is 7.70. The smallest absolute Gasteiger partial charge is 0.0453 e. The topological polar surface area (TPSA) is 48.8 Å². The second-order valence-corrected chi connectivity index (χ2v) is 4.90. The molecule has 108 valence electrons. The van der Waals surface area contributed by atoms with E-state index >= 15 is 0 Å². The SMILES string of the molecule is CC(=C=Cc1ccccc1N=[N+]=[N-])/C(C)=C\c1ccccc1. The zero-order valence-electron chi connectivity index (χ0n) is 12.7. The zero-order chi connectivity index (χ0) is 15.8. The average Bonchev–Trinajstić information content (AvgIpc) is 2.55. The van der Waals surface area contributed by atoms with Gasteiger partial charge in [-0.2, -0.15) is 0 Å². The molecule has 0 aromatic heterocycles. The highest BCUT2D eigenvalue weighted by Crippen LogP contribution is 2.20. The van der Waals surface area contributed by atoms with Crippen LogP contribution in [0.2, 0.25) is 0 Å². The Bertz CT molecular complexity index is 788. The molecule has 0 saturated carbocycles. The summed E-state index contributed by atoms with van der Waals surface area (Å²) in [5.41, 5.74) is 16.6. The molecule has 0 heterocycles. The normalized spacial score (nSPS) is 10.4. The number of hydrogen-bond donors (Lipinski definition) is 0. The monoisotopic (exact) mass is 287 g/mol. The third-order valence-corrected chi connectivity index (χ3v) is 3.31. The van der Waals surface area contributed by atoms with Gasteiger partial charge in [0.2, 0.25) is 0 Å². The van der Waals surface area contributed by atoms with E-state index in [0.717, 1.165) is 22.3 Å². The molecule has 3 nitrogen and oxygen atoms in total.